The van der Waals surface area contributed by atoms with E-state index in [1.165, 1.54) is 12.8 Å². The zero-order valence-corrected chi connectivity index (χ0v) is 12.2. The molecule has 0 aliphatic rings. The van der Waals surface area contributed by atoms with Gasteiger partial charge in [-0.3, -0.25) is 0 Å². The summed E-state index contributed by atoms with van der Waals surface area (Å²) in [5.41, 5.74) is 0. The molecule has 0 radical (unpaired) electrons. The maximum Gasteiger partial charge on any atom is 0.0701 e. The lowest BCUT2D eigenvalue weighted by atomic mass is 10.1. The lowest BCUT2D eigenvalue weighted by Crippen LogP contribution is -2.24. The normalized spacial score (nSPS) is 11.6. The summed E-state index contributed by atoms with van der Waals surface area (Å²) >= 11 is 0. The van der Waals surface area contributed by atoms with Crippen LogP contribution in [0.15, 0.2) is 0 Å². The van der Waals surface area contributed by atoms with Gasteiger partial charge in [0.05, 0.1) is 19.8 Å². The summed E-state index contributed by atoms with van der Waals surface area (Å²) in [6.07, 6.45) is 3.62. The van der Waals surface area contributed by atoms with E-state index in [-0.39, 0.29) is 0 Å². The van der Waals surface area contributed by atoms with Crippen LogP contribution in [0.2, 0.25) is 0 Å². The monoisotopic (exact) mass is 245 g/mol. The molecule has 0 unspecified atom stereocenters. The first-order chi connectivity index (χ1) is 8.16. The Labute approximate surface area is 107 Å². The lowest BCUT2D eigenvalue weighted by Gasteiger charge is -2.15. The molecule has 0 atom stereocenters. The molecule has 0 saturated heterocycles. The molecule has 0 fully saturated rings. The van der Waals surface area contributed by atoms with Crippen LogP contribution >= 0.6 is 0 Å². The largest absolute Gasteiger partial charge is 0.379 e. The van der Waals surface area contributed by atoms with Crippen molar-refractivity contribution in [2.24, 2.45) is 5.92 Å². The average Bonchev–Trinajstić information content (AvgIpc) is 2.27. The van der Waals surface area contributed by atoms with Crippen LogP contribution in [0.5, 0.6) is 0 Å². The van der Waals surface area contributed by atoms with E-state index in [9.17, 15) is 0 Å². The minimum atomic E-state index is 0.724. The lowest BCUT2D eigenvalue weighted by molar-refractivity contribution is 0.0391. The predicted octanol–water partition coefficient (Wildman–Crippen LogP) is 2.80. The van der Waals surface area contributed by atoms with E-state index in [1.807, 2.05) is 0 Å². The molecule has 0 spiro atoms. The van der Waals surface area contributed by atoms with Gasteiger partial charge in [0.25, 0.3) is 0 Å². The van der Waals surface area contributed by atoms with Crippen molar-refractivity contribution in [2.75, 3.05) is 46.6 Å². The van der Waals surface area contributed by atoms with Crippen LogP contribution in [-0.2, 0) is 9.47 Å². The van der Waals surface area contributed by atoms with Crippen molar-refractivity contribution in [3.05, 3.63) is 0 Å². The van der Waals surface area contributed by atoms with Gasteiger partial charge in [-0.25, -0.2) is 0 Å². The molecule has 104 valence electrons. The van der Waals surface area contributed by atoms with E-state index in [1.54, 1.807) is 0 Å². The van der Waals surface area contributed by atoms with Gasteiger partial charge < -0.3 is 14.4 Å². The highest BCUT2D eigenvalue weighted by Gasteiger charge is 1.97. The third-order valence-electron chi connectivity index (χ3n) is 2.66. The van der Waals surface area contributed by atoms with Crippen molar-refractivity contribution < 1.29 is 9.47 Å². The van der Waals surface area contributed by atoms with Crippen LogP contribution in [0.25, 0.3) is 0 Å². The highest BCUT2D eigenvalue weighted by Crippen LogP contribution is 2.02. The van der Waals surface area contributed by atoms with E-state index >= 15 is 0 Å². The second-order valence-corrected chi connectivity index (χ2v) is 5.06. The molecular formula is C14H31NO2. The summed E-state index contributed by atoms with van der Waals surface area (Å²) in [5, 5.41) is 0. The molecule has 0 N–H and O–H groups in total. The Morgan fingerprint density at radius 3 is 2.18 bits per heavy atom. The minimum Gasteiger partial charge on any atom is -0.379 e. The van der Waals surface area contributed by atoms with Gasteiger partial charge in [-0.2, -0.15) is 0 Å². The topological polar surface area (TPSA) is 21.7 Å². The van der Waals surface area contributed by atoms with Gasteiger partial charge >= 0.3 is 0 Å². The third kappa shape index (κ3) is 13.8. The van der Waals surface area contributed by atoms with Crippen LogP contribution in [0.1, 0.15) is 40.0 Å². The summed E-state index contributed by atoms with van der Waals surface area (Å²) in [7, 11) is 2.13. The van der Waals surface area contributed by atoms with Gasteiger partial charge in [0.15, 0.2) is 0 Å². The van der Waals surface area contributed by atoms with E-state index < -0.39 is 0 Å². The molecule has 0 rings (SSSR count). The Morgan fingerprint density at radius 2 is 1.59 bits per heavy atom. The number of nitrogens with zero attached hydrogens (tertiary/aromatic N) is 1. The molecule has 3 nitrogen and oxygen atoms in total. The van der Waals surface area contributed by atoms with Crippen LogP contribution in [0, 0.1) is 5.92 Å². The third-order valence-corrected chi connectivity index (χ3v) is 2.66. The Bertz CT molecular complexity index is 151. The molecule has 0 saturated carbocycles. The fourth-order valence-corrected chi connectivity index (χ4v) is 1.63. The van der Waals surface area contributed by atoms with Crippen LogP contribution < -0.4 is 0 Å². The SMILES string of the molecule is CCCN(C)CCOCCOCCCC(C)C. The highest BCUT2D eigenvalue weighted by atomic mass is 16.5. The Balaban J connectivity index is 3.03. The van der Waals surface area contributed by atoms with Gasteiger partial charge in [0.1, 0.15) is 0 Å². The molecule has 17 heavy (non-hydrogen) atoms. The molecule has 3 heteroatoms. The number of ether oxygens (including phenoxy) is 2. The van der Waals surface area contributed by atoms with Gasteiger partial charge in [-0.15, -0.1) is 0 Å². The number of likely N-dealkylation sites (N-methyl/N-ethyl adjacent to an activating group) is 1. The van der Waals surface area contributed by atoms with Crippen molar-refractivity contribution in [3.8, 4) is 0 Å². The first-order valence-electron chi connectivity index (χ1n) is 7.00. The average molecular weight is 245 g/mol. The van der Waals surface area contributed by atoms with Gasteiger partial charge in [-0.1, -0.05) is 20.8 Å². The molecule has 0 amide bonds. The Morgan fingerprint density at radius 1 is 0.941 bits per heavy atom. The van der Waals surface area contributed by atoms with E-state index in [0.29, 0.717) is 0 Å². The maximum absolute atomic E-state index is 5.51. The molecule has 0 aromatic carbocycles. The summed E-state index contributed by atoms with van der Waals surface area (Å²) < 4.78 is 11.0. The zero-order valence-electron chi connectivity index (χ0n) is 12.2. The quantitative estimate of drug-likeness (QED) is 0.494. The minimum absolute atomic E-state index is 0.724. The smallest absolute Gasteiger partial charge is 0.0701 e. The fourth-order valence-electron chi connectivity index (χ4n) is 1.63. The van der Waals surface area contributed by atoms with E-state index in [2.05, 4.69) is 32.7 Å². The summed E-state index contributed by atoms with van der Waals surface area (Å²) in [5.74, 6) is 0.781. The first kappa shape index (κ1) is 16.9. The van der Waals surface area contributed by atoms with Crippen LogP contribution in [0.4, 0.5) is 0 Å². The Kier molecular flexibility index (Phi) is 12.3. The van der Waals surface area contributed by atoms with Gasteiger partial charge in [-0.05, 0) is 38.8 Å². The second kappa shape index (κ2) is 12.3. The summed E-state index contributed by atoms with van der Waals surface area (Å²) in [6, 6.07) is 0. The Hall–Kier alpha value is -0.120. The number of rotatable bonds is 12. The number of hydrogen-bond donors (Lipinski definition) is 0. The summed E-state index contributed by atoms with van der Waals surface area (Å²) in [4.78, 5) is 2.30. The van der Waals surface area contributed by atoms with Gasteiger partial charge in [0.2, 0.25) is 0 Å². The molecule has 0 aliphatic carbocycles. The highest BCUT2D eigenvalue weighted by molar-refractivity contribution is 4.48. The maximum atomic E-state index is 5.51. The molecule has 0 bridgehead atoms. The van der Waals surface area contributed by atoms with Crippen molar-refractivity contribution >= 4 is 0 Å². The standard InChI is InChI=1S/C14H31NO2/c1-5-8-15(4)9-11-17-13-12-16-10-6-7-14(2)3/h14H,5-13H2,1-4H3. The predicted molar refractivity (Wildman–Crippen MR) is 73.5 cm³/mol. The summed E-state index contributed by atoms with van der Waals surface area (Å²) in [6.45, 7) is 12.0. The van der Waals surface area contributed by atoms with Crippen molar-refractivity contribution in [3.63, 3.8) is 0 Å². The fraction of sp³-hybridized carbons (Fsp3) is 1.00. The van der Waals surface area contributed by atoms with Crippen molar-refractivity contribution in [1.29, 1.82) is 0 Å². The zero-order chi connectivity index (χ0) is 12.9. The van der Waals surface area contributed by atoms with Gasteiger partial charge in [0, 0.05) is 13.2 Å². The van der Waals surface area contributed by atoms with Crippen molar-refractivity contribution in [2.45, 2.75) is 40.0 Å². The van der Waals surface area contributed by atoms with Crippen LogP contribution in [-0.4, -0.2) is 51.5 Å². The molecule has 0 aromatic heterocycles. The molecule has 0 aromatic rings. The molecule has 0 heterocycles. The molecule has 0 aliphatic heterocycles. The van der Waals surface area contributed by atoms with E-state index in [4.69, 9.17) is 9.47 Å². The van der Waals surface area contributed by atoms with Crippen molar-refractivity contribution in [1.82, 2.24) is 4.90 Å². The second-order valence-electron chi connectivity index (χ2n) is 5.06. The first-order valence-corrected chi connectivity index (χ1v) is 7.00. The van der Waals surface area contributed by atoms with Crippen LogP contribution in [0.3, 0.4) is 0 Å². The molecular weight excluding hydrogens is 214 g/mol. The van der Waals surface area contributed by atoms with E-state index in [0.717, 1.165) is 51.9 Å². The number of hydrogen-bond acceptors (Lipinski definition) is 3.